The second kappa shape index (κ2) is 6.47. The van der Waals surface area contributed by atoms with Crippen molar-refractivity contribution in [2.45, 2.75) is 12.8 Å². The van der Waals surface area contributed by atoms with E-state index in [1.807, 2.05) is 0 Å². The molecule has 92 valence electrons. The lowest BCUT2D eigenvalue weighted by molar-refractivity contribution is -0.141. The van der Waals surface area contributed by atoms with Crippen LogP contribution >= 0.6 is 0 Å². The molecule has 0 aliphatic carbocycles. The van der Waals surface area contributed by atoms with E-state index in [0.717, 1.165) is 0 Å². The zero-order chi connectivity index (χ0) is 12.7. The molecule has 1 rings (SSSR count). The Hall–Kier alpha value is -2.11. The fraction of sp³-hybridized carbons (Fsp3) is 0.364. The zero-order valence-corrected chi connectivity index (χ0v) is 9.46. The van der Waals surface area contributed by atoms with E-state index in [4.69, 9.17) is 15.2 Å². The van der Waals surface area contributed by atoms with Gasteiger partial charge in [-0.2, -0.15) is 0 Å². The molecule has 0 bridgehead atoms. The summed E-state index contributed by atoms with van der Waals surface area (Å²) < 4.78 is 9.58. The largest absolute Gasteiger partial charge is 0.465 e. The Balaban J connectivity index is 2.64. The predicted octanol–water partition coefficient (Wildman–Crippen LogP) is 0.824. The minimum atomic E-state index is -0.867. The molecule has 2 N–H and O–H groups in total. The summed E-state index contributed by atoms with van der Waals surface area (Å²) in [5.41, 5.74) is 5.56. The van der Waals surface area contributed by atoms with E-state index < -0.39 is 12.1 Å². The number of aromatic nitrogens is 1. The fourth-order valence-electron chi connectivity index (χ4n) is 1.24. The highest BCUT2D eigenvalue weighted by Gasteiger charge is 2.16. The van der Waals surface area contributed by atoms with E-state index in [2.05, 4.69) is 4.98 Å². The molecular formula is C11H14N2O4. The van der Waals surface area contributed by atoms with Crippen molar-refractivity contribution in [3.05, 3.63) is 30.1 Å². The minimum Gasteiger partial charge on any atom is -0.465 e. The van der Waals surface area contributed by atoms with E-state index in [-0.39, 0.29) is 19.1 Å². The number of primary amides is 1. The number of amides is 1. The van der Waals surface area contributed by atoms with E-state index in [1.54, 1.807) is 24.4 Å². The molecule has 1 amide bonds. The molecule has 1 aromatic rings. The summed E-state index contributed by atoms with van der Waals surface area (Å²) in [5.74, 6) is -0.711. The number of nitrogens with two attached hydrogens (primary N) is 1. The molecule has 0 aliphatic rings. The molecule has 1 aromatic heterocycles. The van der Waals surface area contributed by atoms with Gasteiger partial charge < -0.3 is 15.2 Å². The molecule has 1 heterocycles. The Kier molecular flexibility index (Phi) is 4.93. The summed E-state index contributed by atoms with van der Waals surface area (Å²) >= 11 is 0. The van der Waals surface area contributed by atoms with Crippen LogP contribution in [0.3, 0.4) is 0 Å². The van der Waals surface area contributed by atoms with Crippen LogP contribution in [-0.4, -0.2) is 30.3 Å². The third-order valence-corrected chi connectivity index (χ3v) is 2.02. The molecule has 0 fully saturated rings. The lowest BCUT2D eigenvalue weighted by Crippen LogP contribution is -2.22. The van der Waals surface area contributed by atoms with Crippen LogP contribution in [-0.2, 0) is 14.3 Å². The molecule has 0 unspecified atom stereocenters. The van der Waals surface area contributed by atoms with Gasteiger partial charge in [0.05, 0.1) is 11.6 Å². The average Bonchev–Trinajstić information content (AvgIpc) is 2.29. The van der Waals surface area contributed by atoms with Crippen LogP contribution in [0.2, 0.25) is 0 Å². The van der Waals surface area contributed by atoms with Crippen LogP contribution in [0, 0.1) is 0 Å². The van der Waals surface area contributed by atoms with Gasteiger partial charge in [0.2, 0.25) is 0 Å². The quantitative estimate of drug-likeness (QED) is 0.767. The van der Waals surface area contributed by atoms with Gasteiger partial charge in [-0.15, -0.1) is 0 Å². The number of esters is 1. The van der Waals surface area contributed by atoms with E-state index in [0.29, 0.717) is 5.69 Å². The van der Waals surface area contributed by atoms with Crippen molar-refractivity contribution in [1.29, 1.82) is 0 Å². The molecule has 0 aromatic carbocycles. The maximum Gasteiger partial charge on any atom is 0.404 e. The third-order valence-electron chi connectivity index (χ3n) is 2.02. The van der Waals surface area contributed by atoms with Gasteiger partial charge >= 0.3 is 12.1 Å². The summed E-state index contributed by atoms with van der Waals surface area (Å²) in [5, 5.41) is 0. The first-order valence-corrected chi connectivity index (χ1v) is 5.06. The summed E-state index contributed by atoms with van der Waals surface area (Å²) in [6.45, 7) is 1.43. The van der Waals surface area contributed by atoms with Crippen molar-refractivity contribution in [2.24, 2.45) is 5.73 Å². The molecule has 0 aliphatic heterocycles. The number of carbonyl (C=O) groups is 2. The van der Waals surface area contributed by atoms with Crippen molar-refractivity contribution in [2.75, 3.05) is 13.2 Å². The Labute approximate surface area is 98.7 Å². The summed E-state index contributed by atoms with van der Waals surface area (Å²) in [4.78, 5) is 25.4. The minimum absolute atomic E-state index is 0.0274. The summed E-state index contributed by atoms with van der Waals surface area (Å²) in [6, 6.07) is 5.33. The van der Waals surface area contributed by atoms with Crippen molar-refractivity contribution < 1.29 is 19.1 Å². The highest BCUT2D eigenvalue weighted by atomic mass is 16.6. The van der Waals surface area contributed by atoms with Gasteiger partial charge in [0.25, 0.3) is 0 Å². The van der Waals surface area contributed by atoms with Gasteiger partial charge in [-0.05, 0) is 12.1 Å². The Morgan fingerprint density at radius 2 is 2.06 bits per heavy atom. The van der Waals surface area contributed by atoms with Crippen molar-refractivity contribution in [3.63, 3.8) is 0 Å². The molecule has 0 saturated carbocycles. The average molecular weight is 238 g/mol. The van der Waals surface area contributed by atoms with Crippen LogP contribution < -0.4 is 5.73 Å². The Bertz CT molecular complexity index is 362. The van der Waals surface area contributed by atoms with Gasteiger partial charge in [0, 0.05) is 13.1 Å². The number of nitrogens with zero attached hydrogens (tertiary/aromatic N) is 1. The smallest absolute Gasteiger partial charge is 0.404 e. The number of ether oxygens (including phenoxy) is 2. The van der Waals surface area contributed by atoms with Crippen molar-refractivity contribution >= 4 is 12.1 Å². The lowest BCUT2D eigenvalue weighted by Gasteiger charge is -2.15. The summed E-state index contributed by atoms with van der Waals surface area (Å²) in [7, 11) is 0. The SMILES string of the molecule is CC(=O)OC[C@H](COC(N)=O)c1ccccn1. The highest BCUT2D eigenvalue weighted by molar-refractivity contribution is 5.66. The van der Waals surface area contributed by atoms with Gasteiger partial charge in [0.1, 0.15) is 13.2 Å². The summed E-state index contributed by atoms with van der Waals surface area (Å²) in [6.07, 6.45) is 0.745. The molecule has 0 radical (unpaired) electrons. The monoisotopic (exact) mass is 238 g/mol. The standard InChI is InChI=1S/C11H14N2O4/c1-8(14)16-6-9(7-17-11(12)15)10-4-2-3-5-13-10/h2-5,9H,6-7H2,1H3,(H2,12,15)/t9-/m1/s1. The second-order valence-corrected chi connectivity index (χ2v) is 3.38. The number of carbonyl (C=O) groups excluding carboxylic acids is 2. The fourth-order valence-corrected chi connectivity index (χ4v) is 1.24. The molecule has 0 spiro atoms. The van der Waals surface area contributed by atoms with Gasteiger partial charge in [-0.25, -0.2) is 4.79 Å². The number of rotatable bonds is 5. The third kappa shape index (κ3) is 4.96. The molecule has 6 heteroatoms. The van der Waals surface area contributed by atoms with E-state index >= 15 is 0 Å². The first kappa shape index (κ1) is 13.0. The molecular weight excluding hydrogens is 224 g/mol. The predicted molar refractivity (Wildman–Crippen MR) is 59.1 cm³/mol. The highest BCUT2D eigenvalue weighted by Crippen LogP contribution is 2.14. The zero-order valence-electron chi connectivity index (χ0n) is 9.46. The van der Waals surface area contributed by atoms with Gasteiger partial charge in [-0.1, -0.05) is 6.07 Å². The van der Waals surface area contributed by atoms with Crippen LogP contribution in [0.4, 0.5) is 4.79 Å². The number of pyridine rings is 1. The molecule has 6 nitrogen and oxygen atoms in total. The number of hydrogen-bond donors (Lipinski definition) is 1. The van der Waals surface area contributed by atoms with Gasteiger partial charge in [0.15, 0.2) is 0 Å². The Morgan fingerprint density at radius 3 is 2.59 bits per heavy atom. The molecule has 17 heavy (non-hydrogen) atoms. The molecule has 1 atom stereocenters. The van der Waals surface area contributed by atoms with E-state index in [9.17, 15) is 9.59 Å². The molecule has 0 saturated heterocycles. The van der Waals surface area contributed by atoms with Crippen molar-refractivity contribution in [3.8, 4) is 0 Å². The van der Waals surface area contributed by atoms with Crippen LogP contribution in [0.5, 0.6) is 0 Å². The van der Waals surface area contributed by atoms with Gasteiger partial charge in [-0.3, -0.25) is 9.78 Å². The van der Waals surface area contributed by atoms with Crippen molar-refractivity contribution in [1.82, 2.24) is 4.98 Å². The van der Waals surface area contributed by atoms with Crippen LogP contribution in [0.15, 0.2) is 24.4 Å². The second-order valence-electron chi connectivity index (χ2n) is 3.38. The Morgan fingerprint density at radius 1 is 1.35 bits per heavy atom. The van der Waals surface area contributed by atoms with E-state index in [1.165, 1.54) is 6.92 Å². The number of hydrogen-bond acceptors (Lipinski definition) is 5. The first-order valence-electron chi connectivity index (χ1n) is 5.06. The van der Waals surface area contributed by atoms with Crippen LogP contribution in [0.1, 0.15) is 18.5 Å². The first-order chi connectivity index (χ1) is 8.09. The normalized spacial score (nSPS) is 11.6. The lowest BCUT2D eigenvalue weighted by atomic mass is 10.1. The topological polar surface area (TPSA) is 91.5 Å². The maximum absolute atomic E-state index is 10.7. The van der Waals surface area contributed by atoms with Crippen LogP contribution in [0.25, 0.3) is 0 Å². The maximum atomic E-state index is 10.7.